The highest BCUT2D eigenvalue weighted by atomic mass is 16.5. The molecule has 1 aliphatic rings. The second-order valence-corrected chi connectivity index (χ2v) is 3.60. The summed E-state index contributed by atoms with van der Waals surface area (Å²) in [5.74, 6) is 0.930. The summed E-state index contributed by atoms with van der Waals surface area (Å²) in [6.45, 7) is 0.732. The molecule has 0 aliphatic carbocycles. The van der Waals surface area contributed by atoms with Crippen molar-refractivity contribution in [2.45, 2.75) is 6.42 Å². The summed E-state index contributed by atoms with van der Waals surface area (Å²) in [7, 11) is 0. The van der Waals surface area contributed by atoms with Crippen LogP contribution in [-0.4, -0.2) is 27.9 Å². The molecule has 2 aromatic rings. The predicted molar refractivity (Wildman–Crippen MR) is 55.9 cm³/mol. The van der Waals surface area contributed by atoms with Gasteiger partial charge in [0.25, 0.3) is 0 Å². The van der Waals surface area contributed by atoms with E-state index in [-0.39, 0.29) is 0 Å². The molecule has 0 bridgehead atoms. The molecule has 0 saturated heterocycles. The van der Waals surface area contributed by atoms with Crippen molar-refractivity contribution < 1.29 is 9.53 Å². The zero-order valence-electron chi connectivity index (χ0n) is 8.46. The molecule has 1 aromatic carbocycles. The molecular weight excluding hydrogens is 206 g/mol. The SMILES string of the molecule is O=Cc1cn(-c2ccc3c(c2)CCO3)nn1. The first kappa shape index (κ1) is 9.08. The molecule has 0 amide bonds. The van der Waals surface area contributed by atoms with Crippen LogP contribution in [-0.2, 0) is 6.42 Å². The van der Waals surface area contributed by atoms with Gasteiger partial charge < -0.3 is 4.74 Å². The maximum Gasteiger partial charge on any atom is 0.171 e. The molecule has 0 saturated carbocycles. The van der Waals surface area contributed by atoms with E-state index in [1.54, 1.807) is 10.9 Å². The van der Waals surface area contributed by atoms with E-state index < -0.39 is 0 Å². The van der Waals surface area contributed by atoms with Gasteiger partial charge in [-0.3, -0.25) is 4.79 Å². The predicted octanol–water partition coefficient (Wildman–Crippen LogP) is 1.01. The summed E-state index contributed by atoms with van der Waals surface area (Å²) < 4.78 is 7.00. The normalized spacial score (nSPS) is 13.2. The zero-order chi connectivity index (χ0) is 11.0. The largest absolute Gasteiger partial charge is 0.493 e. The molecule has 0 unspecified atom stereocenters. The quantitative estimate of drug-likeness (QED) is 0.701. The zero-order valence-corrected chi connectivity index (χ0v) is 8.46. The van der Waals surface area contributed by atoms with Gasteiger partial charge in [-0.15, -0.1) is 5.10 Å². The van der Waals surface area contributed by atoms with E-state index in [1.165, 1.54) is 5.56 Å². The molecular formula is C11H9N3O2. The standard InChI is InChI=1S/C11H9N3O2/c15-7-9-6-14(13-12-9)10-1-2-11-8(5-10)3-4-16-11/h1-2,5-7H,3-4H2. The van der Waals surface area contributed by atoms with E-state index in [0.717, 1.165) is 24.5 Å². The maximum atomic E-state index is 10.5. The van der Waals surface area contributed by atoms with E-state index in [0.29, 0.717) is 12.0 Å². The van der Waals surface area contributed by atoms with Gasteiger partial charge in [0.2, 0.25) is 0 Å². The number of carbonyl (C=O) groups is 1. The molecule has 1 aromatic heterocycles. The van der Waals surface area contributed by atoms with Crippen molar-refractivity contribution in [1.82, 2.24) is 15.0 Å². The molecule has 1 aliphatic heterocycles. The molecule has 5 heteroatoms. The molecule has 0 N–H and O–H groups in total. The average molecular weight is 215 g/mol. The van der Waals surface area contributed by atoms with Crippen molar-refractivity contribution in [3.05, 3.63) is 35.7 Å². The third kappa shape index (κ3) is 1.37. The number of ether oxygens (including phenoxy) is 1. The number of carbonyl (C=O) groups excluding carboxylic acids is 1. The topological polar surface area (TPSA) is 57.0 Å². The monoisotopic (exact) mass is 215 g/mol. The molecule has 0 fully saturated rings. The van der Waals surface area contributed by atoms with E-state index in [1.807, 2.05) is 18.2 Å². The Morgan fingerprint density at radius 1 is 1.44 bits per heavy atom. The van der Waals surface area contributed by atoms with Gasteiger partial charge in [-0.05, 0) is 23.8 Å². The minimum Gasteiger partial charge on any atom is -0.493 e. The molecule has 3 rings (SSSR count). The third-order valence-corrected chi connectivity index (χ3v) is 2.57. The number of nitrogens with zero attached hydrogens (tertiary/aromatic N) is 3. The van der Waals surface area contributed by atoms with Crippen molar-refractivity contribution in [3.8, 4) is 11.4 Å². The summed E-state index contributed by atoms with van der Waals surface area (Å²) >= 11 is 0. The van der Waals surface area contributed by atoms with E-state index >= 15 is 0 Å². The average Bonchev–Trinajstić information content (AvgIpc) is 2.96. The summed E-state index contributed by atoms with van der Waals surface area (Å²) in [5.41, 5.74) is 2.39. The van der Waals surface area contributed by atoms with Gasteiger partial charge >= 0.3 is 0 Å². The Bertz CT molecular complexity index is 548. The smallest absolute Gasteiger partial charge is 0.171 e. The molecule has 0 atom stereocenters. The Balaban J connectivity index is 2.03. The molecule has 0 spiro atoms. The van der Waals surface area contributed by atoms with Gasteiger partial charge in [0, 0.05) is 6.42 Å². The van der Waals surface area contributed by atoms with Crippen molar-refractivity contribution in [2.75, 3.05) is 6.61 Å². The molecule has 80 valence electrons. The van der Waals surface area contributed by atoms with Crippen LogP contribution in [0.15, 0.2) is 24.4 Å². The first-order chi connectivity index (χ1) is 7.86. The first-order valence-electron chi connectivity index (χ1n) is 5.00. The van der Waals surface area contributed by atoms with Crippen LogP contribution < -0.4 is 4.74 Å². The van der Waals surface area contributed by atoms with Crippen LogP contribution in [0.5, 0.6) is 5.75 Å². The number of aldehydes is 1. The number of hydrogen-bond acceptors (Lipinski definition) is 4. The lowest BCUT2D eigenvalue weighted by Gasteiger charge is -2.02. The minimum absolute atomic E-state index is 0.330. The maximum absolute atomic E-state index is 10.5. The van der Waals surface area contributed by atoms with Gasteiger partial charge in [0.1, 0.15) is 11.4 Å². The van der Waals surface area contributed by atoms with Gasteiger partial charge in [-0.1, -0.05) is 5.21 Å². The molecule has 16 heavy (non-hydrogen) atoms. The summed E-state index contributed by atoms with van der Waals surface area (Å²) in [6.07, 6.45) is 3.20. The summed E-state index contributed by atoms with van der Waals surface area (Å²) in [4.78, 5) is 10.5. The number of aromatic nitrogens is 3. The third-order valence-electron chi connectivity index (χ3n) is 2.57. The van der Waals surface area contributed by atoms with Crippen LogP contribution in [0.3, 0.4) is 0 Å². The van der Waals surface area contributed by atoms with Crippen LogP contribution >= 0.6 is 0 Å². The lowest BCUT2D eigenvalue weighted by Crippen LogP contribution is -1.95. The van der Waals surface area contributed by atoms with Crippen LogP contribution in [0.1, 0.15) is 16.1 Å². The number of rotatable bonds is 2. The van der Waals surface area contributed by atoms with E-state index in [4.69, 9.17) is 4.74 Å². The first-order valence-corrected chi connectivity index (χ1v) is 5.00. The lowest BCUT2D eigenvalue weighted by molar-refractivity contribution is 0.111. The number of fused-ring (bicyclic) bond motifs is 1. The number of hydrogen-bond donors (Lipinski definition) is 0. The Morgan fingerprint density at radius 2 is 2.38 bits per heavy atom. The fourth-order valence-corrected chi connectivity index (χ4v) is 1.77. The van der Waals surface area contributed by atoms with Crippen LogP contribution in [0.2, 0.25) is 0 Å². The Morgan fingerprint density at radius 3 is 3.19 bits per heavy atom. The van der Waals surface area contributed by atoms with Gasteiger partial charge in [0.15, 0.2) is 6.29 Å². The highest BCUT2D eigenvalue weighted by molar-refractivity contribution is 5.70. The Hall–Kier alpha value is -2.17. The lowest BCUT2D eigenvalue weighted by atomic mass is 10.1. The number of benzene rings is 1. The van der Waals surface area contributed by atoms with Crippen LogP contribution in [0, 0.1) is 0 Å². The summed E-state index contributed by atoms with van der Waals surface area (Å²) in [5, 5.41) is 7.60. The fourth-order valence-electron chi connectivity index (χ4n) is 1.77. The van der Waals surface area contributed by atoms with Gasteiger partial charge in [0.05, 0.1) is 18.5 Å². The van der Waals surface area contributed by atoms with Crippen molar-refractivity contribution >= 4 is 6.29 Å². The minimum atomic E-state index is 0.330. The van der Waals surface area contributed by atoms with Crippen LogP contribution in [0.25, 0.3) is 5.69 Å². The highest BCUT2D eigenvalue weighted by Gasteiger charge is 2.13. The van der Waals surface area contributed by atoms with Crippen molar-refractivity contribution in [1.29, 1.82) is 0 Å². The van der Waals surface area contributed by atoms with Crippen molar-refractivity contribution in [2.24, 2.45) is 0 Å². The second-order valence-electron chi connectivity index (χ2n) is 3.60. The molecule has 5 nitrogen and oxygen atoms in total. The highest BCUT2D eigenvalue weighted by Crippen LogP contribution is 2.26. The second kappa shape index (κ2) is 3.44. The van der Waals surface area contributed by atoms with E-state index in [9.17, 15) is 4.79 Å². The fraction of sp³-hybridized carbons (Fsp3) is 0.182. The van der Waals surface area contributed by atoms with Crippen molar-refractivity contribution in [3.63, 3.8) is 0 Å². The summed E-state index contributed by atoms with van der Waals surface area (Å²) in [6, 6.07) is 5.82. The Kier molecular flexibility index (Phi) is 1.96. The molecule has 2 heterocycles. The Labute approximate surface area is 91.6 Å². The van der Waals surface area contributed by atoms with Gasteiger partial charge in [-0.25, -0.2) is 4.68 Å². The van der Waals surface area contributed by atoms with E-state index in [2.05, 4.69) is 10.3 Å². The molecule has 0 radical (unpaired) electrons. The van der Waals surface area contributed by atoms with Crippen LogP contribution in [0.4, 0.5) is 0 Å². The van der Waals surface area contributed by atoms with Gasteiger partial charge in [-0.2, -0.15) is 0 Å².